The van der Waals surface area contributed by atoms with Crippen LogP contribution in [0.3, 0.4) is 0 Å². The van der Waals surface area contributed by atoms with Crippen molar-refractivity contribution in [2.45, 2.75) is 32.9 Å². The molecule has 0 aliphatic carbocycles. The van der Waals surface area contributed by atoms with Crippen molar-refractivity contribution in [3.63, 3.8) is 0 Å². The van der Waals surface area contributed by atoms with Gasteiger partial charge in [0.1, 0.15) is 6.61 Å². The molecule has 0 saturated heterocycles. The maximum absolute atomic E-state index is 12.1. The second kappa shape index (κ2) is 7.64. The van der Waals surface area contributed by atoms with E-state index < -0.39 is 0 Å². The van der Waals surface area contributed by atoms with E-state index >= 15 is 0 Å². The summed E-state index contributed by atoms with van der Waals surface area (Å²) in [6.45, 7) is 3.20. The van der Waals surface area contributed by atoms with E-state index in [0.29, 0.717) is 31.7 Å². The minimum Gasteiger partial charge on any atom is -0.483 e. The van der Waals surface area contributed by atoms with Crippen molar-refractivity contribution in [1.29, 1.82) is 0 Å². The van der Waals surface area contributed by atoms with Crippen LogP contribution in [-0.4, -0.2) is 16.3 Å². The Kier molecular flexibility index (Phi) is 5.58. The molecule has 2 rings (SSSR count). The fourth-order valence-corrected chi connectivity index (χ4v) is 2.29. The van der Waals surface area contributed by atoms with Gasteiger partial charge in [0.25, 0.3) is 0 Å². The third-order valence-electron chi connectivity index (χ3n) is 3.36. The van der Waals surface area contributed by atoms with Crippen LogP contribution in [0.5, 0.6) is 5.75 Å². The van der Waals surface area contributed by atoms with Crippen LogP contribution < -0.4 is 10.2 Å². The highest BCUT2D eigenvalue weighted by molar-refractivity contribution is 5.29. The van der Waals surface area contributed by atoms with Crippen LogP contribution in [0.2, 0.25) is 0 Å². The third kappa shape index (κ3) is 3.95. The molecule has 1 aromatic carbocycles. The van der Waals surface area contributed by atoms with Gasteiger partial charge in [-0.05, 0) is 18.4 Å². The first-order valence-electron chi connectivity index (χ1n) is 7.26. The highest BCUT2D eigenvalue weighted by Crippen LogP contribution is 2.16. The van der Waals surface area contributed by atoms with Gasteiger partial charge in [-0.15, -0.1) is 0 Å². The number of rotatable bonds is 7. The predicted octanol–water partition coefficient (Wildman–Crippen LogP) is 2.37. The van der Waals surface area contributed by atoms with Gasteiger partial charge in [-0.1, -0.05) is 37.3 Å². The van der Waals surface area contributed by atoms with E-state index in [1.54, 1.807) is 6.20 Å². The lowest BCUT2D eigenvalue weighted by molar-refractivity contribution is 0.274. The molecule has 4 nitrogen and oxygen atoms in total. The van der Waals surface area contributed by atoms with Crippen LogP contribution in [0, 0.1) is 0 Å². The average Bonchev–Trinajstić information content (AvgIpc) is 2.53. The van der Waals surface area contributed by atoms with Gasteiger partial charge in [-0.2, -0.15) is 0 Å². The summed E-state index contributed by atoms with van der Waals surface area (Å²) >= 11 is 0. The van der Waals surface area contributed by atoms with Crippen LogP contribution in [0.25, 0.3) is 0 Å². The second-order valence-electron chi connectivity index (χ2n) is 4.85. The minimum atomic E-state index is -0.0944. The van der Waals surface area contributed by atoms with E-state index in [9.17, 15) is 4.79 Å². The predicted molar refractivity (Wildman–Crippen MR) is 82.6 cm³/mol. The molecule has 1 N–H and O–H groups in total. The zero-order chi connectivity index (χ0) is 15.1. The quantitative estimate of drug-likeness (QED) is 0.850. The highest BCUT2D eigenvalue weighted by Gasteiger charge is 2.11. The number of pyridine rings is 1. The fraction of sp³-hybridized carbons (Fsp3) is 0.353. The molecule has 0 atom stereocenters. The van der Waals surface area contributed by atoms with Crippen molar-refractivity contribution >= 4 is 0 Å². The minimum absolute atomic E-state index is 0.0944. The summed E-state index contributed by atoms with van der Waals surface area (Å²) in [7, 11) is 0. The number of nitrogens with zero attached hydrogens (tertiary/aromatic N) is 1. The van der Waals surface area contributed by atoms with E-state index in [2.05, 4.69) is 0 Å². The summed E-state index contributed by atoms with van der Waals surface area (Å²) in [6, 6.07) is 11.3. The number of aryl methyl sites for hydroxylation is 1. The summed E-state index contributed by atoms with van der Waals surface area (Å²) < 4.78 is 7.75. The topological polar surface area (TPSA) is 51.5 Å². The molecule has 2 aromatic rings. The number of hydrogen-bond donors (Lipinski definition) is 1. The molecule has 0 radical (unpaired) electrons. The van der Waals surface area contributed by atoms with E-state index in [1.807, 2.05) is 41.8 Å². The van der Waals surface area contributed by atoms with Crippen molar-refractivity contribution in [3.8, 4) is 5.75 Å². The van der Waals surface area contributed by atoms with Crippen LogP contribution in [0.4, 0.5) is 0 Å². The molecule has 0 aliphatic rings. The Morgan fingerprint density at radius 3 is 2.62 bits per heavy atom. The van der Waals surface area contributed by atoms with Crippen molar-refractivity contribution in [1.82, 2.24) is 4.57 Å². The van der Waals surface area contributed by atoms with Crippen molar-refractivity contribution in [2.24, 2.45) is 0 Å². The second-order valence-corrected chi connectivity index (χ2v) is 4.85. The molecule has 0 amide bonds. The average molecular weight is 287 g/mol. The summed E-state index contributed by atoms with van der Waals surface area (Å²) in [4.78, 5) is 12.1. The van der Waals surface area contributed by atoms with Crippen LogP contribution in [-0.2, 0) is 19.6 Å². The van der Waals surface area contributed by atoms with Gasteiger partial charge in [0.15, 0.2) is 5.75 Å². The Hall–Kier alpha value is -2.07. The van der Waals surface area contributed by atoms with Crippen LogP contribution in [0.15, 0.2) is 47.4 Å². The van der Waals surface area contributed by atoms with Gasteiger partial charge in [0, 0.05) is 25.4 Å². The highest BCUT2D eigenvalue weighted by atomic mass is 16.5. The molecule has 21 heavy (non-hydrogen) atoms. The number of aliphatic hydroxyl groups excluding tert-OH is 1. The molecule has 1 aromatic heterocycles. The maximum atomic E-state index is 12.1. The van der Waals surface area contributed by atoms with Crippen molar-refractivity contribution in [2.75, 3.05) is 6.61 Å². The molecular weight excluding hydrogens is 266 g/mol. The van der Waals surface area contributed by atoms with E-state index in [-0.39, 0.29) is 12.0 Å². The first-order chi connectivity index (χ1) is 10.3. The van der Waals surface area contributed by atoms with E-state index in [1.165, 1.54) is 6.07 Å². The van der Waals surface area contributed by atoms with E-state index in [0.717, 1.165) is 11.3 Å². The third-order valence-corrected chi connectivity index (χ3v) is 3.36. The molecule has 4 heteroatoms. The zero-order valence-corrected chi connectivity index (χ0v) is 12.3. The van der Waals surface area contributed by atoms with Crippen molar-refractivity contribution < 1.29 is 9.84 Å². The Bertz CT molecular complexity index is 620. The molecule has 112 valence electrons. The van der Waals surface area contributed by atoms with Crippen molar-refractivity contribution in [3.05, 3.63) is 64.1 Å². The van der Waals surface area contributed by atoms with Gasteiger partial charge in [-0.3, -0.25) is 4.79 Å². The lowest BCUT2D eigenvalue weighted by atomic mass is 10.2. The number of aliphatic hydroxyl groups is 1. The van der Waals surface area contributed by atoms with E-state index in [4.69, 9.17) is 9.84 Å². The number of benzene rings is 1. The van der Waals surface area contributed by atoms with Gasteiger partial charge >= 0.3 is 0 Å². The van der Waals surface area contributed by atoms with Crippen LogP contribution >= 0.6 is 0 Å². The Labute approximate surface area is 124 Å². The molecule has 0 aliphatic heterocycles. The lowest BCUT2D eigenvalue weighted by Crippen LogP contribution is -2.17. The number of aromatic nitrogens is 1. The Balaban J connectivity index is 2.22. The normalized spacial score (nSPS) is 10.6. The fourth-order valence-electron chi connectivity index (χ4n) is 2.29. The Morgan fingerprint density at radius 2 is 1.95 bits per heavy atom. The number of hydrogen-bond acceptors (Lipinski definition) is 3. The van der Waals surface area contributed by atoms with Crippen LogP contribution in [0.1, 0.15) is 24.6 Å². The van der Waals surface area contributed by atoms with Gasteiger partial charge in [0.2, 0.25) is 5.43 Å². The number of ether oxygens (including phenoxy) is 1. The monoisotopic (exact) mass is 287 g/mol. The summed E-state index contributed by atoms with van der Waals surface area (Å²) in [5, 5.41) is 8.96. The van der Waals surface area contributed by atoms with Gasteiger partial charge < -0.3 is 14.4 Å². The summed E-state index contributed by atoms with van der Waals surface area (Å²) in [5.41, 5.74) is 1.82. The van der Waals surface area contributed by atoms with Gasteiger partial charge in [0.05, 0.1) is 5.69 Å². The lowest BCUT2D eigenvalue weighted by Gasteiger charge is -2.16. The standard InChI is InChI=1S/C17H21NO3/c1-2-15-17(21-13-14-7-4-3-5-8-14)16(20)9-11-18(15)10-6-12-19/h3-5,7-9,11,19H,2,6,10,12-13H2,1H3. The molecule has 0 unspecified atom stereocenters. The Morgan fingerprint density at radius 1 is 1.19 bits per heavy atom. The molecule has 0 bridgehead atoms. The SMILES string of the molecule is CCc1c(OCc2ccccc2)c(=O)ccn1CCCO. The molecule has 0 saturated carbocycles. The molecule has 1 heterocycles. The van der Waals surface area contributed by atoms with Gasteiger partial charge in [-0.25, -0.2) is 0 Å². The summed E-state index contributed by atoms with van der Waals surface area (Å²) in [5.74, 6) is 0.418. The first-order valence-corrected chi connectivity index (χ1v) is 7.26. The zero-order valence-electron chi connectivity index (χ0n) is 12.3. The largest absolute Gasteiger partial charge is 0.483 e. The first kappa shape index (κ1) is 15.3. The summed E-state index contributed by atoms with van der Waals surface area (Å²) in [6.07, 6.45) is 3.14. The molecule has 0 spiro atoms. The molecular formula is C17H21NO3. The molecule has 0 fully saturated rings. The smallest absolute Gasteiger partial charge is 0.223 e. The maximum Gasteiger partial charge on any atom is 0.223 e.